The van der Waals surface area contributed by atoms with Gasteiger partial charge in [0.2, 0.25) is 0 Å². The van der Waals surface area contributed by atoms with E-state index in [1.165, 1.54) is 24.1 Å². The lowest BCUT2D eigenvalue weighted by atomic mass is 10.1. The Balaban J connectivity index is 1.75. The average molecular weight is 426 g/mol. The maximum absolute atomic E-state index is 14.7. The topological polar surface area (TPSA) is 73.8 Å². The van der Waals surface area contributed by atoms with Crippen LogP contribution >= 0.6 is 11.9 Å². The molecule has 2 aliphatic rings. The Kier molecular flexibility index (Phi) is 5.30. The number of hydrogen-bond acceptors (Lipinski definition) is 6. The quantitative estimate of drug-likeness (QED) is 0.538. The molecule has 0 radical (unpaired) electrons. The first kappa shape index (κ1) is 20.2. The van der Waals surface area contributed by atoms with Gasteiger partial charge < -0.3 is 25.0 Å². The number of aryl methyl sites for hydroxylation is 1. The predicted molar refractivity (Wildman–Crippen MR) is 106 cm³/mol. The van der Waals surface area contributed by atoms with Gasteiger partial charge in [-0.15, -0.1) is 0 Å². The minimum Gasteiger partial charge on any atom is -0.488 e. The van der Waals surface area contributed by atoms with Crippen LogP contribution in [0.15, 0.2) is 24.3 Å². The maximum Gasteiger partial charge on any atom is 0.184 e. The van der Waals surface area contributed by atoms with Gasteiger partial charge >= 0.3 is 0 Å². The number of benzene rings is 2. The smallest absolute Gasteiger partial charge is 0.184 e. The van der Waals surface area contributed by atoms with Crippen LogP contribution in [0, 0.1) is 24.4 Å². The van der Waals surface area contributed by atoms with Crippen LogP contribution in [0.3, 0.4) is 0 Å². The van der Waals surface area contributed by atoms with Gasteiger partial charge in [-0.05, 0) is 55.8 Å². The summed E-state index contributed by atoms with van der Waals surface area (Å²) in [6, 6.07) is 5.25. The van der Waals surface area contributed by atoms with Crippen molar-refractivity contribution < 1.29 is 28.1 Å². The number of aliphatic hydroxyl groups excluding tert-OH is 2. The van der Waals surface area contributed by atoms with Crippen LogP contribution in [0.1, 0.15) is 24.8 Å². The van der Waals surface area contributed by atoms with E-state index in [4.69, 9.17) is 4.74 Å². The van der Waals surface area contributed by atoms with Crippen molar-refractivity contribution in [3.05, 3.63) is 47.3 Å². The van der Waals surface area contributed by atoms with Crippen LogP contribution in [-0.4, -0.2) is 33.8 Å². The summed E-state index contributed by atoms with van der Waals surface area (Å²) in [5.41, 5.74) is 0.504. The lowest BCUT2D eigenvalue weighted by Gasteiger charge is -2.27. The zero-order valence-corrected chi connectivity index (χ0v) is 16.5. The summed E-state index contributed by atoms with van der Waals surface area (Å²) >= 11 is 1.26. The van der Waals surface area contributed by atoms with E-state index in [9.17, 15) is 23.4 Å². The average Bonchev–Trinajstić information content (AvgIpc) is 3.43. The van der Waals surface area contributed by atoms with Crippen LogP contribution < -0.4 is 14.8 Å². The third-order valence-electron chi connectivity index (χ3n) is 5.18. The molecule has 2 aromatic carbocycles. The van der Waals surface area contributed by atoms with Crippen molar-refractivity contribution in [1.29, 1.82) is 0 Å². The van der Waals surface area contributed by atoms with Gasteiger partial charge in [-0.1, -0.05) is 6.07 Å². The van der Waals surface area contributed by atoms with Crippen LogP contribution in [0.4, 0.5) is 30.2 Å². The highest BCUT2D eigenvalue weighted by molar-refractivity contribution is 8.02. The first-order valence-corrected chi connectivity index (χ1v) is 10.1. The Morgan fingerprint density at radius 1 is 1.14 bits per heavy atom. The first-order chi connectivity index (χ1) is 13.8. The van der Waals surface area contributed by atoms with Gasteiger partial charge in [-0.25, -0.2) is 13.2 Å². The summed E-state index contributed by atoms with van der Waals surface area (Å²) in [4.78, 5) is 0. The predicted octanol–water partition coefficient (Wildman–Crippen LogP) is 4.25. The van der Waals surface area contributed by atoms with Gasteiger partial charge in [0, 0.05) is 10.8 Å². The monoisotopic (exact) mass is 426 g/mol. The number of aliphatic hydroxyl groups is 2. The molecule has 1 fully saturated rings. The minimum absolute atomic E-state index is 0.0113. The molecule has 29 heavy (non-hydrogen) atoms. The SMILES string of the molecule is Cc1ccc(Nc2c(F)c(F)cc3c2NSC2(CC2)CC(O)C(O)CO3)c(F)c1. The number of anilines is 3. The Hall–Kier alpha value is -2.10. The summed E-state index contributed by atoms with van der Waals surface area (Å²) in [7, 11) is 0. The fourth-order valence-corrected chi connectivity index (χ4v) is 4.32. The normalized spacial score (nSPS) is 23.0. The second-order valence-corrected chi connectivity index (χ2v) is 8.84. The third kappa shape index (κ3) is 4.12. The number of nitrogens with one attached hydrogen (secondary N) is 2. The number of halogens is 3. The fourth-order valence-electron chi connectivity index (χ4n) is 3.24. The van der Waals surface area contributed by atoms with Crippen molar-refractivity contribution in [3.8, 4) is 5.75 Å². The van der Waals surface area contributed by atoms with Gasteiger partial charge in [-0.3, -0.25) is 0 Å². The number of rotatable bonds is 2. The summed E-state index contributed by atoms with van der Waals surface area (Å²) < 4.78 is 51.4. The van der Waals surface area contributed by atoms with E-state index < -0.39 is 29.7 Å². The Morgan fingerprint density at radius 2 is 1.90 bits per heavy atom. The largest absolute Gasteiger partial charge is 0.488 e. The highest BCUT2D eigenvalue weighted by atomic mass is 32.2. The molecule has 9 heteroatoms. The van der Waals surface area contributed by atoms with Crippen LogP contribution in [0.2, 0.25) is 0 Å². The van der Waals surface area contributed by atoms with Crippen LogP contribution in [0.25, 0.3) is 0 Å². The van der Waals surface area contributed by atoms with Gasteiger partial charge in [0.1, 0.15) is 35.7 Å². The summed E-state index contributed by atoms with van der Waals surface area (Å²) in [5.74, 6) is -3.01. The number of fused-ring (bicyclic) bond motifs is 1. The highest BCUT2D eigenvalue weighted by Gasteiger charge is 2.47. The molecule has 156 valence electrons. The van der Waals surface area contributed by atoms with Crippen LogP contribution in [-0.2, 0) is 0 Å². The molecule has 2 atom stereocenters. The van der Waals surface area contributed by atoms with E-state index in [0.717, 1.165) is 18.9 Å². The van der Waals surface area contributed by atoms with Crippen molar-refractivity contribution in [3.63, 3.8) is 0 Å². The molecule has 0 saturated heterocycles. The second-order valence-electron chi connectivity index (χ2n) is 7.57. The molecule has 2 aromatic rings. The van der Waals surface area contributed by atoms with Crippen molar-refractivity contribution in [2.45, 2.75) is 43.1 Å². The van der Waals surface area contributed by atoms with E-state index in [2.05, 4.69) is 10.0 Å². The molecular formula is C20H21F3N2O3S. The molecule has 1 saturated carbocycles. The van der Waals surface area contributed by atoms with Gasteiger partial charge in [0.05, 0.1) is 11.8 Å². The molecule has 0 bridgehead atoms. The Labute approximate surface area is 170 Å². The summed E-state index contributed by atoms with van der Waals surface area (Å²) in [5, 5.41) is 22.9. The summed E-state index contributed by atoms with van der Waals surface area (Å²) in [6.45, 7) is 1.43. The molecular weight excluding hydrogens is 405 g/mol. The van der Waals surface area contributed by atoms with Crippen molar-refractivity contribution in [2.24, 2.45) is 0 Å². The Bertz CT molecular complexity index is 940. The van der Waals surface area contributed by atoms with Crippen molar-refractivity contribution >= 4 is 29.0 Å². The van der Waals surface area contributed by atoms with E-state index in [1.807, 2.05) is 0 Å². The third-order valence-corrected chi connectivity index (χ3v) is 6.49. The Morgan fingerprint density at radius 3 is 2.59 bits per heavy atom. The molecule has 1 aliphatic carbocycles. The fraction of sp³-hybridized carbons (Fsp3) is 0.400. The molecule has 1 spiro atoms. The molecule has 4 N–H and O–H groups in total. The lowest BCUT2D eigenvalue weighted by Crippen LogP contribution is -2.35. The van der Waals surface area contributed by atoms with Gasteiger partial charge in [0.15, 0.2) is 11.6 Å². The van der Waals surface area contributed by atoms with Gasteiger partial charge in [-0.2, -0.15) is 0 Å². The molecule has 0 amide bonds. The summed E-state index contributed by atoms with van der Waals surface area (Å²) in [6.07, 6.45) is -0.201. The van der Waals surface area contributed by atoms with Crippen molar-refractivity contribution in [1.82, 2.24) is 0 Å². The van der Waals surface area contributed by atoms with E-state index >= 15 is 0 Å². The zero-order valence-electron chi connectivity index (χ0n) is 15.6. The standard InChI is InChI=1S/C20H21F3N2O3S/c1-10-2-3-13(11(21)6-10)24-19-17(23)12(22)7-16-18(19)25-29-20(4-5-20)8-14(26)15(27)9-28-16/h2-3,6-7,14-15,24-27H,4-5,8-9H2,1H3. The molecule has 1 aliphatic heterocycles. The maximum atomic E-state index is 14.7. The van der Waals surface area contributed by atoms with E-state index in [1.54, 1.807) is 13.0 Å². The van der Waals surface area contributed by atoms with Crippen LogP contribution in [0.5, 0.6) is 5.75 Å². The molecule has 2 unspecified atom stereocenters. The molecule has 4 rings (SSSR count). The van der Waals surface area contributed by atoms with Gasteiger partial charge in [0.25, 0.3) is 0 Å². The molecule has 1 heterocycles. The molecule has 0 aromatic heterocycles. The minimum atomic E-state index is -1.18. The second kappa shape index (κ2) is 7.62. The molecule has 5 nitrogen and oxygen atoms in total. The zero-order chi connectivity index (χ0) is 20.8. The first-order valence-electron chi connectivity index (χ1n) is 9.26. The number of hydrogen-bond donors (Lipinski definition) is 4. The highest BCUT2D eigenvalue weighted by Crippen LogP contribution is 2.54. The van der Waals surface area contributed by atoms with E-state index in [-0.39, 0.29) is 34.2 Å². The number of ether oxygens (including phenoxy) is 1. The lowest BCUT2D eigenvalue weighted by molar-refractivity contribution is -0.0125. The van der Waals surface area contributed by atoms with E-state index in [0.29, 0.717) is 12.0 Å². The van der Waals surface area contributed by atoms with Crippen molar-refractivity contribution in [2.75, 3.05) is 16.6 Å².